The number of fused-ring (bicyclic) bond motifs is 1. The average Bonchev–Trinajstić information content (AvgIpc) is 0.827. The molecule has 0 amide bonds. The third kappa shape index (κ3) is 8.88. The summed E-state index contributed by atoms with van der Waals surface area (Å²) in [5.74, 6) is 0.0945. The number of pyridine rings is 1. The lowest BCUT2D eigenvalue weighted by molar-refractivity contribution is 0.426. The molecule has 0 saturated carbocycles. The van der Waals surface area contributed by atoms with E-state index in [4.69, 9.17) is 22.8 Å². The third-order valence-corrected chi connectivity index (χ3v) is 14.1. The largest absolute Gasteiger partial charge is 0.507 e. The van der Waals surface area contributed by atoms with E-state index < -0.39 is 97.4 Å². The molecule has 1 N–H and O–H groups in total. The number of hydrogen-bond acceptors (Lipinski definition) is 3. The second-order valence-electron chi connectivity index (χ2n) is 19.2. The normalized spacial score (nSPS) is 17.4. The Balaban J connectivity index is 1.43. The smallest absolute Gasteiger partial charge is 0.149 e. The first-order valence-corrected chi connectivity index (χ1v) is 23.1. The lowest BCUT2D eigenvalue weighted by atomic mass is 9.68. The van der Waals surface area contributed by atoms with Gasteiger partial charge in [-0.3, -0.25) is 9.55 Å². The van der Waals surface area contributed by atoms with E-state index in [1.807, 2.05) is 32.9 Å². The topological polar surface area (TPSA) is 50.9 Å². The first-order chi connectivity index (χ1) is 39.7. The summed E-state index contributed by atoms with van der Waals surface area (Å²) in [4.78, 5) is 9.65. The average molecular weight is 905 g/mol. The summed E-state index contributed by atoms with van der Waals surface area (Å²) in [6.45, 7) is 4.46. The lowest BCUT2D eigenvalue weighted by Gasteiger charge is -2.36. The number of rotatable bonds is 12. The van der Waals surface area contributed by atoms with Crippen LogP contribution in [0.5, 0.6) is 5.75 Å². The van der Waals surface area contributed by atoms with Crippen LogP contribution in [0.25, 0.3) is 72.7 Å². The van der Waals surface area contributed by atoms with Gasteiger partial charge in [0.1, 0.15) is 11.6 Å². The first kappa shape index (κ1) is 28.8. The van der Waals surface area contributed by atoms with Crippen molar-refractivity contribution in [2.45, 2.75) is 137 Å². The van der Waals surface area contributed by atoms with Gasteiger partial charge >= 0.3 is 0 Å². The zero-order chi connectivity index (χ0) is 64.1. The number of nitrogens with zero attached hydrogens (tertiary/aromatic N) is 3. The number of benzene rings is 6. The van der Waals surface area contributed by atoms with Gasteiger partial charge in [0, 0.05) is 33.7 Å². The highest BCUT2D eigenvalue weighted by atomic mass is 16.3. The highest BCUT2D eigenvalue weighted by Crippen LogP contribution is 2.47. The van der Waals surface area contributed by atoms with E-state index in [1.54, 1.807) is 65.2 Å². The maximum atomic E-state index is 11.6. The van der Waals surface area contributed by atoms with Crippen molar-refractivity contribution in [3.8, 4) is 67.5 Å². The zero-order valence-electron chi connectivity index (χ0n) is 58.9. The summed E-state index contributed by atoms with van der Waals surface area (Å²) >= 11 is 0. The van der Waals surface area contributed by atoms with Crippen molar-refractivity contribution in [3.05, 3.63) is 167 Å². The maximum Gasteiger partial charge on any atom is 0.149 e. The number of hydrogen-bond donors (Lipinski definition) is 1. The summed E-state index contributed by atoms with van der Waals surface area (Å²) in [6, 6.07) is 22.8. The molecule has 0 spiro atoms. The molecule has 8 rings (SSSR count). The fourth-order valence-corrected chi connectivity index (χ4v) is 8.99. The molecule has 0 saturated heterocycles. The minimum absolute atomic E-state index is 0.0370. The molecule has 0 aliphatic heterocycles. The molecule has 344 valence electrons. The zero-order valence-corrected chi connectivity index (χ0v) is 39.9. The molecule has 67 heavy (non-hydrogen) atoms. The fourth-order valence-electron chi connectivity index (χ4n) is 8.99. The Bertz CT molecular complexity index is 3850. The van der Waals surface area contributed by atoms with E-state index in [1.165, 1.54) is 6.07 Å². The molecule has 2 aromatic heterocycles. The Morgan fingerprint density at radius 2 is 1.24 bits per heavy atom. The molecule has 0 aliphatic carbocycles. The van der Waals surface area contributed by atoms with Gasteiger partial charge in [-0.05, 0) is 164 Å². The van der Waals surface area contributed by atoms with Gasteiger partial charge < -0.3 is 5.11 Å². The van der Waals surface area contributed by atoms with Crippen molar-refractivity contribution in [2.24, 2.45) is 0 Å². The standard InChI is InChI=1S/C63H71N3O/c1-14-62(12,15-2)51-24-21-25-52(63(13,16-3)17-4)57(51)44-30-33-54(41(5)36-44)66-55-26-20-23-49(58(55)65-59(66)50-22-18-19-27-56(50)67)45-37-46(39-48(38-45)61(9,10)11)53-40-43(34-35-64-53)42-28-31-47(32-29-42)60(6,7)8/h18-40,67H,14-17H2,1-13H3/i5D3,6D3,7D3,8D3,28D,29D,31D,32D,34D,35D,40D. The fraction of sp³-hybridized carbons (Fsp3) is 0.333. The highest BCUT2D eigenvalue weighted by molar-refractivity contribution is 5.97. The highest BCUT2D eigenvalue weighted by Gasteiger charge is 2.33. The van der Waals surface area contributed by atoms with Gasteiger partial charge in [-0.15, -0.1) is 0 Å². The van der Waals surface area contributed by atoms with Gasteiger partial charge in [0.2, 0.25) is 0 Å². The Morgan fingerprint density at radius 1 is 0.597 bits per heavy atom. The number of aromatic nitrogens is 3. The van der Waals surface area contributed by atoms with Crippen molar-refractivity contribution in [1.29, 1.82) is 0 Å². The second-order valence-corrected chi connectivity index (χ2v) is 19.2. The number of phenols is 1. The summed E-state index contributed by atoms with van der Waals surface area (Å²) in [5, 5.41) is 11.6. The van der Waals surface area contributed by atoms with Gasteiger partial charge in [0.15, 0.2) is 0 Å². The van der Waals surface area contributed by atoms with Crippen molar-refractivity contribution < 1.29 is 31.2 Å². The molecule has 4 nitrogen and oxygen atoms in total. The van der Waals surface area contributed by atoms with Crippen molar-refractivity contribution in [1.82, 2.24) is 14.5 Å². The monoisotopic (exact) mass is 905 g/mol. The van der Waals surface area contributed by atoms with Crippen LogP contribution >= 0.6 is 0 Å². The quantitative estimate of drug-likeness (QED) is 0.133. The molecule has 0 bridgehead atoms. The number of para-hydroxylation sites is 2. The molecule has 0 radical (unpaired) electrons. The van der Waals surface area contributed by atoms with Crippen LogP contribution in [-0.4, -0.2) is 19.6 Å². The lowest BCUT2D eigenvalue weighted by Crippen LogP contribution is -2.25. The predicted molar refractivity (Wildman–Crippen MR) is 286 cm³/mol. The van der Waals surface area contributed by atoms with Crippen LogP contribution in [0.2, 0.25) is 0 Å². The Kier molecular flexibility index (Phi) is 7.78. The molecule has 2 heterocycles. The van der Waals surface area contributed by atoms with Crippen molar-refractivity contribution >= 4 is 11.0 Å². The van der Waals surface area contributed by atoms with Crippen LogP contribution in [0.4, 0.5) is 0 Å². The molecule has 0 atom stereocenters. The number of imidazole rings is 1. The maximum absolute atomic E-state index is 11.6. The molecule has 0 fully saturated rings. The van der Waals surface area contributed by atoms with Gasteiger partial charge in [0.25, 0.3) is 0 Å². The summed E-state index contributed by atoms with van der Waals surface area (Å²) in [6.07, 6.45) is 2.62. The van der Waals surface area contributed by atoms with Crippen LogP contribution in [0.3, 0.4) is 0 Å². The molecule has 6 aromatic carbocycles. The molecule has 8 aromatic rings. The third-order valence-electron chi connectivity index (χ3n) is 14.1. The molecule has 0 unspecified atom stereocenters. The van der Waals surface area contributed by atoms with E-state index in [0.29, 0.717) is 33.3 Å². The molecular weight excluding hydrogens is 815 g/mol. The van der Waals surface area contributed by atoms with Gasteiger partial charge in [0.05, 0.1) is 37.6 Å². The van der Waals surface area contributed by atoms with E-state index in [9.17, 15) is 13.3 Å². The molecule has 0 aliphatic rings. The molecular formula is C63H71N3O. The second kappa shape index (κ2) is 18.1. The van der Waals surface area contributed by atoms with E-state index in [0.717, 1.165) is 47.9 Å². The Morgan fingerprint density at radius 3 is 1.87 bits per heavy atom. The predicted octanol–water partition coefficient (Wildman–Crippen LogP) is 17.5. The van der Waals surface area contributed by atoms with E-state index in [-0.39, 0.29) is 44.9 Å². The van der Waals surface area contributed by atoms with Crippen LogP contribution in [-0.2, 0) is 21.7 Å². The van der Waals surface area contributed by atoms with Crippen molar-refractivity contribution in [3.63, 3.8) is 0 Å². The Hall–Kier alpha value is -6.26. The Labute approximate surface area is 427 Å². The number of aryl methyl sites for hydroxylation is 1. The van der Waals surface area contributed by atoms with Crippen LogP contribution < -0.4 is 0 Å². The van der Waals surface area contributed by atoms with Crippen LogP contribution in [0.15, 0.2) is 139 Å². The van der Waals surface area contributed by atoms with E-state index >= 15 is 0 Å². The van der Waals surface area contributed by atoms with Gasteiger partial charge in [-0.1, -0.05) is 162 Å². The number of aromatic hydroxyl groups is 1. The van der Waals surface area contributed by atoms with E-state index in [2.05, 4.69) is 64.7 Å². The summed E-state index contributed by atoms with van der Waals surface area (Å²) < 4.78 is 168. The summed E-state index contributed by atoms with van der Waals surface area (Å²) in [5.41, 5.74) is -0.867. The minimum Gasteiger partial charge on any atom is -0.507 e. The van der Waals surface area contributed by atoms with Gasteiger partial charge in [-0.25, -0.2) is 4.98 Å². The summed E-state index contributed by atoms with van der Waals surface area (Å²) in [7, 11) is 0. The minimum atomic E-state index is -3.95. The first-order valence-electron chi connectivity index (χ1n) is 32.6. The molecule has 4 heteroatoms. The SMILES string of the molecule is [2H]c1nc(-c2cc(-c3cccc4c3nc(-c3ccccc3O)n4-c3ccc(-c4c(C(C)(CC)CC)cccc4C(C)(CC)CC)cc3C([2H])([2H])[2H])cc(C(C)(C)C)c2)c([2H])c(-c2c([2H])c([2H])c(C(C([2H])([2H])[2H])(C([2H])([2H])[2H])C([2H])([2H])[2H])c([2H])c2[2H])c1[2H]. The van der Waals surface area contributed by atoms with Crippen LogP contribution in [0, 0.1) is 6.85 Å². The van der Waals surface area contributed by atoms with Crippen LogP contribution in [0.1, 0.15) is 162 Å². The number of phenolic OH excluding ortho intramolecular Hbond substituents is 1. The van der Waals surface area contributed by atoms with Crippen molar-refractivity contribution in [2.75, 3.05) is 0 Å². The van der Waals surface area contributed by atoms with Gasteiger partial charge in [-0.2, -0.15) is 0 Å².